The number of aromatic nitrogens is 1. The molecule has 0 radical (unpaired) electrons. The summed E-state index contributed by atoms with van der Waals surface area (Å²) < 4.78 is 5.08. The van der Waals surface area contributed by atoms with Gasteiger partial charge in [-0.25, -0.2) is 9.78 Å². The van der Waals surface area contributed by atoms with Crippen LogP contribution in [0.15, 0.2) is 29.3 Å². The van der Waals surface area contributed by atoms with E-state index in [0.29, 0.717) is 41.8 Å². The summed E-state index contributed by atoms with van der Waals surface area (Å²) in [5, 5.41) is 10.1. The number of aliphatic imine (C=N–C) groups is 1. The largest absolute Gasteiger partial charge is 0.462 e. The Morgan fingerprint density at radius 3 is 2.50 bits per heavy atom. The van der Waals surface area contributed by atoms with Crippen molar-refractivity contribution in [2.24, 2.45) is 4.99 Å². The van der Waals surface area contributed by atoms with Gasteiger partial charge in [-0.05, 0) is 45.4 Å². The fourth-order valence-electron chi connectivity index (χ4n) is 2.67. The van der Waals surface area contributed by atoms with E-state index < -0.39 is 0 Å². The standard InChI is InChI=1S/C21H29N5O3S/c1-6-23-18(27)16-10-8-15(9-11-16)12-24-21(22-5)26-14(4)19-25-13(3)17(30-19)20(28)29-7-2/h8-11,14H,6-7,12H2,1-5H3,(H,23,27)(H2,22,24,26). The summed E-state index contributed by atoms with van der Waals surface area (Å²) in [6, 6.07) is 7.28. The molecule has 0 aliphatic rings. The lowest BCUT2D eigenvalue weighted by molar-refractivity contribution is 0.0531. The molecule has 1 heterocycles. The molecule has 30 heavy (non-hydrogen) atoms. The topological polar surface area (TPSA) is 105 Å². The number of esters is 1. The van der Waals surface area contributed by atoms with Crippen molar-refractivity contribution in [2.75, 3.05) is 20.2 Å². The first kappa shape index (κ1) is 23.3. The number of aryl methyl sites for hydroxylation is 1. The zero-order chi connectivity index (χ0) is 22.1. The molecule has 1 unspecified atom stereocenters. The molecule has 1 amide bonds. The monoisotopic (exact) mass is 431 g/mol. The van der Waals surface area contributed by atoms with Crippen LogP contribution in [0.5, 0.6) is 0 Å². The quantitative estimate of drug-likeness (QED) is 0.337. The number of hydrogen-bond acceptors (Lipinski definition) is 6. The van der Waals surface area contributed by atoms with E-state index in [-0.39, 0.29) is 17.9 Å². The van der Waals surface area contributed by atoms with Crippen molar-refractivity contribution < 1.29 is 14.3 Å². The molecule has 9 heteroatoms. The average Bonchev–Trinajstić information content (AvgIpc) is 3.13. The van der Waals surface area contributed by atoms with E-state index in [1.807, 2.05) is 26.0 Å². The molecular weight excluding hydrogens is 402 g/mol. The molecule has 1 atom stereocenters. The van der Waals surface area contributed by atoms with Gasteiger partial charge < -0.3 is 20.7 Å². The molecule has 2 rings (SSSR count). The Morgan fingerprint density at radius 1 is 1.20 bits per heavy atom. The summed E-state index contributed by atoms with van der Waals surface area (Å²) in [7, 11) is 1.69. The molecule has 0 fully saturated rings. The number of carbonyl (C=O) groups excluding carboxylic acids is 2. The molecule has 1 aromatic carbocycles. The summed E-state index contributed by atoms with van der Waals surface area (Å²) in [5.41, 5.74) is 2.32. The normalized spacial score (nSPS) is 12.2. The van der Waals surface area contributed by atoms with Gasteiger partial charge in [0.15, 0.2) is 5.96 Å². The summed E-state index contributed by atoms with van der Waals surface area (Å²) in [4.78, 5) is 33.1. The molecule has 0 aliphatic heterocycles. The lowest BCUT2D eigenvalue weighted by atomic mass is 10.1. The third-order valence-corrected chi connectivity index (χ3v) is 5.55. The number of ether oxygens (including phenoxy) is 1. The highest BCUT2D eigenvalue weighted by atomic mass is 32.1. The van der Waals surface area contributed by atoms with E-state index in [4.69, 9.17) is 4.74 Å². The number of nitrogens with zero attached hydrogens (tertiary/aromatic N) is 2. The van der Waals surface area contributed by atoms with Crippen LogP contribution in [0.4, 0.5) is 0 Å². The number of rotatable bonds is 8. The van der Waals surface area contributed by atoms with Crippen molar-refractivity contribution >= 4 is 29.2 Å². The van der Waals surface area contributed by atoms with Gasteiger partial charge in [0.2, 0.25) is 0 Å². The van der Waals surface area contributed by atoms with Crippen molar-refractivity contribution in [3.05, 3.63) is 51.0 Å². The number of hydrogen-bond donors (Lipinski definition) is 3. The van der Waals surface area contributed by atoms with E-state index in [2.05, 4.69) is 25.9 Å². The lowest BCUT2D eigenvalue weighted by Crippen LogP contribution is -2.38. The maximum Gasteiger partial charge on any atom is 0.350 e. The molecule has 0 saturated carbocycles. The van der Waals surface area contributed by atoms with Gasteiger partial charge in [-0.15, -0.1) is 11.3 Å². The third-order valence-electron chi connectivity index (χ3n) is 4.23. The Balaban J connectivity index is 1.95. The van der Waals surface area contributed by atoms with E-state index in [1.165, 1.54) is 11.3 Å². The van der Waals surface area contributed by atoms with Gasteiger partial charge in [-0.2, -0.15) is 0 Å². The molecule has 2 aromatic rings. The second-order valence-corrected chi connectivity index (χ2v) is 7.57. The van der Waals surface area contributed by atoms with Gasteiger partial charge in [0.05, 0.1) is 18.3 Å². The highest BCUT2D eigenvalue weighted by molar-refractivity contribution is 7.13. The van der Waals surface area contributed by atoms with Crippen LogP contribution in [-0.4, -0.2) is 43.0 Å². The smallest absolute Gasteiger partial charge is 0.350 e. The van der Waals surface area contributed by atoms with Crippen molar-refractivity contribution in [3.8, 4) is 0 Å². The van der Waals surface area contributed by atoms with Crippen molar-refractivity contribution in [1.82, 2.24) is 20.9 Å². The van der Waals surface area contributed by atoms with E-state index in [0.717, 1.165) is 10.6 Å². The van der Waals surface area contributed by atoms with Crippen LogP contribution >= 0.6 is 11.3 Å². The first-order valence-corrected chi connectivity index (χ1v) is 10.7. The van der Waals surface area contributed by atoms with E-state index in [1.54, 1.807) is 33.0 Å². The molecule has 0 bridgehead atoms. The third kappa shape index (κ3) is 6.28. The summed E-state index contributed by atoms with van der Waals surface area (Å²) in [5.74, 6) is 0.189. The average molecular weight is 432 g/mol. The molecule has 8 nitrogen and oxygen atoms in total. The maximum absolute atomic E-state index is 12.0. The van der Waals surface area contributed by atoms with Crippen LogP contribution in [0.3, 0.4) is 0 Å². The van der Waals surface area contributed by atoms with Crippen LogP contribution in [-0.2, 0) is 11.3 Å². The minimum absolute atomic E-state index is 0.0794. The molecule has 0 spiro atoms. The number of thiazole rings is 1. The summed E-state index contributed by atoms with van der Waals surface area (Å²) in [6.45, 7) is 8.91. The highest BCUT2D eigenvalue weighted by Crippen LogP contribution is 2.24. The van der Waals surface area contributed by atoms with E-state index >= 15 is 0 Å². The van der Waals surface area contributed by atoms with Gasteiger partial charge in [-0.3, -0.25) is 9.79 Å². The number of nitrogens with one attached hydrogen (secondary N) is 3. The zero-order valence-corrected chi connectivity index (χ0v) is 18.9. The van der Waals surface area contributed by atoms with Crippen LogP contribution in [0.25, 0.3) is 0 Å². The Hall–Kier alpha value is -2.94. The molecule has 0 aliphatic carbocycles. The fraction of sp³-hybridized carbons (Fsp3) is 0.429. The van der Waals surface area contributed by atoms with Gasteiger partial charge in [0, 0.05) is 25.7 Å². The molecular formula is C21H29N5O3S. The maximum atomic E-state index is 12.0. The van der Waals surface area contributed by atoms with Crippen molar-refractivity contribution in [2.45, 2.75) is 40.3 Å². The van der Waals surface area contributed by atoms with Crippen molar-refractivity contribution in [1.29, 1.82) is 0 Å². The number of amides is 1. The van der Waals surface area contributed by atoms with Crippen LogP contribution in [0.2, 0.25) is 0 Å². The Morgan fingerprint density at radius 2 is 1.90 bits per heavy atom. The minimum Gasteiger partial charge on any atom is -0.462 e. The number of benzene rings is 1. The second kappa shape index (κ2) is 11.3. The number of guanidine groups is 1. The van der Waals surface area contributed by atoms with Crippen LogP contribution in [0, 0.1) is 6.92 Å². The molecule has 1 aromatic heterocycles. The minimum atomic E-state index is -0.343. The zero-order valence-electron chi connectivity index (χ0n) is 18.0. The number of carbonyl (C=O) groups is 2. The molecule has 162 valence electrons. The summed E-state index contributed by atoms with van der Waals surface area (Å²) in [6.07, 6.45) is 0. The fourth-order valence-corrected chi connectivity index (χ4v) is 3.64. The Labute approximate surface area is 181 Å². The molecule has 0 saturated heterocycles. The molecule has 3 N–H and O–H groups in total. The van der Waals surface area contributed by atoms with Crippen molar-refractivity contribution in [3.63, 3.8) is 0 Å². The van der Waals surface area contributed by atoms with E-state index in [9.17, 15) is 9.59 Å². The lowest BCUT2D eigenvalue weighted by Gasteiger charge is -2.16. The predicted molar refractivity (Wildman–Crippen MR) is 119 cm³/mol. The highest BCUT2D eigenvalue weighted by Gasteiger charge is 2.20. The van der Waals surface area contributed by atoms with Gasteiger partial charge >= 0.3 is 5.97 Å². The Kier molecular flexibility index (Phi) is 8.79. The Bertz CT molecular complexity index is 893. The summed E-state index contributed by atoms with van der Waals surface area (Å²) >= 11 is 1.32. The first-order valence-electron chi connectivity index (χ1n) is 9.88. The van der Waals surface area contributed by atoms with Crippen LogP contribution in [0.1, 0.15) is 63.1 Å². The predicted octanol–water partition coefficient (Wildman–Crippen LogP) is 2.80. The second-order valence-electron chi connectivity index (χ2n) is 6.54. The SMILES string of the molecule is CCNC(=O)c1ccc(CNC(=NC)NC(C)c2nc(C)c(C(=O)OCC)s2)cc1. The van der Waals surface area contributed by atoms with Gasteiger partial charge in [0.25, 0.3) is 5.91 Å². The van der Waals surface area contributed by atoms with Crippen LogP contribution < -0.4 is 16.0 Å². The first-order chi connectivity index (χ1) is 14.4. The van der Waals surface area contributed by atoms with Gasteiger partial charge in [-0.1, -0.05) is 12.1 Å². The van der Waals surface area contributed by atoms with Gasteiger partial charge in [0.1, 0.15) is 9.88 Å².